The fourth-order valence-electron chi connectivity index (χ4n) is 5.34. The van der Waals surface area contributed by atoms with Crippen molar-refractivity contribution < 1.29 is 19.8 Å². The van der Waals surface area contributed by atoms with Gasteiger partial charge >= 0.3 is 12.1 Å². The molecule has 0 saturated carbocycles. The van der Waals surface area contributed by atoms with Crippen molar-refractivity contribution >= 4 is 56.9 Å². The molecule has 2 heterocycles. The molecule has 14 nitrogen and oxygen atoms in total. The number of anilines is 4. The molecule has 0 aliphatic carbocycles. The van der Waals surface area contributed by atoms with E-state index in [1.54, 1.807) is 49.4 Å². The number of fused-ring (bicyclic) bond motifs is 2. The minimum atomic E-state index is -0.623. The zero-order chi connectivity index (χ0) is 34.2. The van der Waals surface area contributed by atoms with E-state index >= 15 is 0 Å². The van der Waals surface area contributed by atoms with E-state index in [1.165, 1.54) is 9.59 Å². The molecule has 0 unspecified atom stereocenters. The van der Waals surface area contributed by atoms with Crippen molar-refractivity contribution in [1.29, 1.82) is 0 Å². The standard InChI is InChI=1S/C35H30N10O4/c1-19-14-28(32(46)30(16-19)44-40-23-8-4-5-9-24(23)41-44)38-34(48)36-22-13-12-21(3)27(18-22)37-35(49)39-29-15-20(2)17-31(33(29)47)45-42-25-10-6-7-11-26(25)43-45/h4-18,46-47H,1-3H3,(H2,36,38,48)(H2,37,39,49). The van der Waals surface area contributed by atoms with Crippen LogP contribution in [-0.2, 0) is 0 Å². The first-order valence-electron chi connectivity index (χ1n) is 15.2. The Balaban J connectivity index is 1.05. The number of nitrogens with zero attached hydrogens (tertiary/aromatic N) is 6. The van der Waals surface area contributed by atoms with Gasteiger partial charge in [0.25, 0.3) is 0 Å². The number of carbonyl (C=O) groups is 2. The highest BCUT2D eigenvalue weighted by Gasteiger charge is 2.18. The van der Waals surface area contributed by atoms with E-state index < -0.39 is 12.1 Å². The Labute approximate surface area is 279 Å². The molecule has 0 aliphatic heterocycles. The van der Waals surface area contributed by atoms with Gasteiger partial charge in [-0.3, -0.25) is 0 Å². The molecule has 6 N–H and O–H groups in total. The maximum absolute atomic E-state index is 13.1. The Hall–Kier alpha value is -6.96. The summed E-state index contributed by atoms with van der Waals surface area (Å²) in [6.07, 6.45) is 0. The largest absolute Gasteiger partial charge is 0.504 e. The molecule has 5 aromatic carbocycles. The Kier molecular flexibility index (Phi) is 7.72. The topological polar surface area (TPSA) is 184 Å². The van der Waals surface area contributed by atoms with Gasteiger partial charge in [-0.25, -0.2) is 9.59 Å². The number of phenolic OH excluding ortho intramolecular Hbond substituents is 2. The van der Waals surface area contributed by atoms with Crippen molar-refractivity contribution in [1.82, 2.24) is 30.0 Å². The summed E-state index contributed by atoms with van der Waals surface area (Å²) in [4.78, 5) is 28.8. The monoisotopic (exact) mass is 654 g/mol. The number of benzene rings is 5. The summed E-state index contributed by atoms with van der Waals surface area (Å²) in [5.41, 5.74) is 6.63. The molecule has 0 spiro atoms. The number of hydrogen-bond donors (Lipinski definition) is 6. The molecule has 7 rings (SSSR count). The van der Waals surface area contributed by atoms with Crippen LogP contribution in [0.15, 0.2) is 91.0 Å². The number of phenols is 2. The van der Waals surface area contributed by atoms with E-state index in [0.29, 0.717) is 44.8 Å². The highest BCUT2D eigenvalue weighted by atomic mass is 16.3. The number of hydrogen-bond acceptors (Lipinski definition) is 8. The van der Waals surface area contributed by atoms with Gasteiger partial charge in [-0.1, -0.05) is 30.3 Å². The molecule has 2 aromatic heterocycles. The SMILES string of the molecule is Cc1cc(NC(=O)Nc2ccc(C)c(NC(=O)Nc3cc(C)cc(-n4nc5ccccc5n4)c3O)c2)c(O)c(-n2nc3ccccc3n2)c1. The third kappa shape index (κ3) is 6.25. The lowest BCUT2D eigenvalue weighted by Gasteiger charge is -2.15. The summed E-state index contributed by atoms with van der Waals surface area (Å²) in [6, 6.07) is 25.1. The van der Waals surface area contributed by atoms with Crippen molar-refractivity contribution in [2.75, 3.05) is 21.3 Å². The maximum Gasteiger partial charge on any atom is 0.323 e. The fourth-order valence-corrected chi connectivity index (χ4v) is 5.34. The summed E-state index contributed by atoms with van der Waals surface area (Å²) >= 11 is 0. The molecule has 0 bridgehead atoms. The van der Waals surface area contributed by atoms with E-state index in [4.69, 9.17) is 0 Å². The van der Waals surface area contributed by atoms with Crippen LogP contribution < -0.4 is 21.3 Å². The fraction of sp³-hybridized carbons (Fsp3) is 0.0857. The maximum atomic E-state index is 13.1. The van der Waals surface area contributed by atoms with Crippen LogP contribution in [0, 0.1) is 20.8 Å². The molecule has 0 saturated heterocycles. The highest BCUT2D eigenvalue weighted by molar-refractivity contribution is 6.04. The predicted octanol–water partition coefficient (Wildman–Crippen LogP) is 6.78. The molecule has 49 heavy (non-hydrogen) atoms. The summed E-state index contributed by atoms with van der Waals surface area (Å²) in [5, 5.41) is 50.7. The number of aromatic hydroxyl groups is 2. The second-order valence-corrected chi connectivity index (χ2v) is 11.5. The molecule has 0 aliphatic rings. The Morgan fingerprint density at radius 3 is 1.39 bits per heavy atom. The third-order valence-electron chi connectivity index (χ3n) is 7.71. The Morgan fingerprint density at radius 1 is 0.531 bits per heavy atom. The number of urea groups is 2. The number of aryl methyl sites for hydroxylation is 3. The molecule has 244 valence electrons. The number of rotatable bonds is 6. The second-order valence-electron chi connectivity index (χ2n) is 11.5. The van der Waals surface area contributed by atoms with E-state index in [1.807, 2.05) is 62.4 Å². The van der Waals surface area contributed by atoms with Gasteiger partial charge in [-0.2, -0.15) is 0 Å². The molecule has 7 aromatic rings. The van der Waals surface area contributed by atoms with Crippen molar-refractivity contribution in [2.45, 2.75) is 20.8 Å². The van der Waals surface area contributed by atoms with Crippen LogP contribution in [0.3, 0.4) is 0 Å². The van der Waals surface area contributed by atoms with Crippen molar-refractivity contribution in [3.05, 3.63) is 108 Å². The van der Waals surface area contributed by atoms with Crippen LogP contribution in [0.2, 0.25) is 0 Å². The first-order chi connectivity index (χ1) is 23.6. The molecule has 4 amide bonds. The number of amides is 4. The minimum absolute atomic E-state index is 0.162. The number of nitrogens with one attached hydrogen (secondary N) is 4. The number of aromatic nitrogens is 6. The normalized spacial score (nSPS) is 11.1. The number of carbonyl (C=O) groups excluding carboxylic acids is 2. The first kappa shape index (κ1) is 30.7. The van der Waals surface area contributed by atoms with Gasteiger partial charge in [0.15, 0.2) is 11.5 Å². The van der Waals surface area contributed by atoms with Gasteiger partial charge in [0.2, 0.25) is 0 Å². The van der Waals surface area contributed by atoms with Crippen molar-refractivity contribution in [3.63, 3.8) is 0 Å². The Bertz CT molecular complexity index is 2350. The van der Waals surface area contributed by atoms with Gasteiger partial charge in [0.05, 0.1) is 11.4 Å². The average Bonchev–Trinajstić information content (AvgIpc) is 3.70. The zero-order valence-electron chi connectivity index (χ0n) is 26.6. The summed E-state index contributed by atoms with van der Waals surface area (Å²) in [6.45, 7) is 5.45. The van der Waals surface area contributed by atoms with Gasteiger partial charge < -0.3 is 31.5 Å². The highest BCUT2D eigenvalue weighted by Crippen LogP contribution is 2.34. The van der Waals surface area contributed by atoms with Crippen LogP contribution >= 0.6 is 0 Å². The summed E-state index contributed by atoms with van der Waals surface area (Å²) in [5.74, 6) is -0.410. The van der Waals surface area contributed by atoms with Gasteiger partial charge in [-0.05, 0) is 98.1 Å². The average molecular weight is 655 g/mol. The smallest absolute Gasteiger partial charge is 0.323 e. The van der Waals surface area contributed by atoms with Crippen LogP contribution in [0.5, 0.6) is 11.5 Å². The minimum Gasteiger partial charge on any atom is -0.504 e. The van der Waals surface area contributed by atoms with E-state index in [-0.39, 0.29) is 22.9 Å². The second kappa shape index (κ2) is 12.3. The third-order valence-corrected chi connectivity index (χ3v) is 7.71. The molecule has 0 fully saturated rings. The zero-order valence-corrected chi connectivity index (χ0v) is 26.6. The summed E-state index contributed by atoms with van der Waals surface area (Å²) in [7, 11) is 0. The van der Waals surface area contributed by atoms with Crippen LogP contribution in [0.4, 0.5) is 32.3 Å². The lowest BCUT2D eigenvalue weighted by atomic mass is 10.1. The summed E-state index contributed by atoms with van der Waals surface area (Å²) < 4.78 is 0. The van der Waals surface area contributed by atoms with Crippen molar-refractivity contribution in [2.24, 2.45) is 0 Å². The quantitative estimate of drug-likeness (QED) is 0.106. The lowest BCUT2D eigenvalue weighted by Crippen LogP contribution is -2.22. The van der Waals surface area contributed by atoms with Gasteiger partial charge in [-0.15, -0.1) is 30.0 Å². The van der Waals surface area contributed by atoms with E-state index in [9.17, 15) is 19.8 Å². The van der Waals surface area contributed by atoms with Gasteiger partial charge in [0.1, 0.15) is 33.4 Å². The molecular formula is C35H30N10O4. The van der Waals surface area contributed by atoms with Crippen LogP contribution in [0.1, 0.15) is 16.7 Å². The Morgan fingerprint density at radius 2 is 0.939 bits per heavy atom. The van der Waals surface area contributed by atoms with Gasteiger partial charge in [0, 0.05) is 11.4 Å². The van der Waals surface area contributed by atoms with Crippen LogP contribution in [0.25, 0.3) is 33.4 Å². The first-order valence-corrected chi connectivity index (χ1v) is 15.2. The van der Waals surface area contributed by atoms with E-state index in [2.05, 4.69) is 41.7 Å². The predicted molar refractivity (Wildman–Crippen MR) is 187 cm³/mol. The molecule has 0 radical (unpaired) electrons. The molecular weight excluding hydrogens is 624 g/mol. The molecule has 0 atom stereocenters. The van der Waals surface area contributed by atoms with Crippen molar-refractivity contribution in [3.8, 4) is 22.9 Å². The molecule has 14 heteroatoms. The van der Waals surface area contributed by atoms with E-state index in [0.717, 1.165) is 16.7 Å². The lowest BCUT2D eigenvalue weighted by molar-refractivity contribution is 0.261. The van der Waals surface area contributed by atoms with Crippen LogP contribution in [-0.4, -0.2) is 52.3 Å².